The first-order valence-corrected chi connectivity index (χ1v) is 11.5. The smallest absolute Gasteiger partial charge is 0.223 e. The molecule has 2 aromatic rings. The average Bonchev–Trinajstić information content (AvgIpc) is 3.55. The maximum atomic E-state index is 13.9. The number of halogens is 2. The molecule has 3 heterocycles. The molecule has 2 atom stereocenters. The molecule has 1 aromatic carbocycles. The van der Waals surface area contributed by atoms with Gasteiger partial charge in [0.15, 0.2) is 0 Å². The molecule has 6 nitrogen and oxygen atoms in total. The van der Waals surface area contributed by atoms with Crippen LogP contribution in [0, 0.1) is 17.1 Å². The molecule has 5 rings (SSSR count). The molecule has 2 saturated heterocycles. The van der Waals surface area contributed by atoms with Crippen molar-refractivity contribution < 1.29 is 9.18 Å². The Kier molecular flexibility index (Phi) is 5.52. The van der Waals surface area contributed by atoms with Crippen molar-refractivity contribution in [1.29, 1.82) is 5.26 Å². The van der Waals surface area contributed by atoms with Crippen LogP contribution in [0.4, 0.5) is 10.2 Å². The third kappa shape index (κ3) is 3.94. The molecule has 0 spiro atoms. The lowest BCUT2D eigenvalue weighted by atomic mass is 10.0. The van der Waals surface area contributed by atoms with Gasteiger partial charge in [-0.25, -0.2) is 9.37 Å². The fraction of sp³-hybridized carbons (Fsp3) is 0.458. The molecule has 166 valence electrons. The highest BCUT2D eigenvalue weighted by Gasteiger charge is 2.45. The standard InChI is InChI=1S/C24H25ClFN5O/c25-20-5-2-17(11-21(20)26)24(8-9-24)29-10-7-23(32)30-14-18-3-4-19(15-30)31(18)22-6-1-16(12-27)13-28-22/h1-2,5-6,11,13,18-19,29H,3-4,7-10,14-15H2. The number of carbonyl (C=O) groups excluding carboxylic acids is 1. The summed E-state index contributed by atoms with van der Waals surface area (Å²) in [6.07, 6.45) is 5.98. The zero-order valence-corrected chi connectivity index (χ0v) is 18.5. The quantitative estimate of drug-likeness (QED) is 0.723. The van der Waals surface area contributed by atoms with Crippen LogP contribution in [-0.2, 0) is 10.3 Å². The van der Waals surface area contributed by atoms with Crippen molar-refractivity contribution in [2.24, 2.45) is 0 Å². The predicted molar refractivity (Wildman–Crippen MR) is 120 cm³/mol. The largest absolute Gasteiger partial charge is 0.347 e. The zero-order chi connectivity index (χ0) is 22.3. The fourth-order valence-corrected chi connectivity index (χ4v) is 5.26. The normalized spacial score (nSPS) is 23.2. The van der Waals surface area contributed by atoms with Crippen molar-refractivity contribution in [3.8, 4) is 6.07 Å². The van der Waals surface area contributed by atoms with E-state index in [1.54, 1.807) is 18.3 Å². The van der Waals surface area contributed by atoms with E-state index in [4.69, 9.17) is 16.9 Å². The molecule has 2 bridgehead atoms. The molecule has 2 unspecified atom stereocenters. The van der Waals surface area contributed by atoms with E-state index in [1.807, 2.05) is 17.0 Å². The summed E-state index contributed by atoms with van der Waals surface area (Å²) in [7, 11) is 0. The summed E-state index contributed by atoms with van der Waals surface area (Å²) in [6, 6.07) is 11.3. The van der Waals surface area contributed by atoms with Crippen molar-refractivity contribution >= 4 is 23.3 Å². The van der Waals surface area contributed by atoms with Gasteiger partial charge in [0.1, 0.15) is 17.7 Å². The van der Waals surface area contributed by atoms with Crippen LogP contribution in [0.25, 0.3) is 0 Å². The number of likely N-dealkylation sites (tertiary alicyclic amines) is 1. The second kappa shape index (κ2) is 8.34. The number of hydrogen-bond acceptors (Lipinski definition) is 5. The monoisotopic (exact) mass is 453 g/mol. The van der Waals surface area contributed by atoms with Crippen LogP contribution in [0.15, 0.2) is 36.5 Å². The highest BCUT2D eigenvalue weighted by atomic mass is 35.5. The number of nitrogens with one attached hydrogen (secondary N) is 1. The van der Waals surface area contributed by atoms with Crippen LogP contribution < -0.4 is 10.2 Å². The van der Waals surface area contributed by atoms with Crippen molar-refractivity contribution in [2.45, 2.75) is 49.7 Å². The molecule has 1 amide bonds. The van der Waals surface area contributed by atoms with Gasteiger partial charge in [0, 0.05) is 49.9 Å². The number of aromatic nitrogens is 1. The summed E-state index contributed by atoms with van der Waals surface area (Å²) in [6.45, 7) is 1.96. The van der Waals surface area contributed by atoms with Crippen LogP contribution in [0.3, 0.4) is 0 Å². The average molecular weight is 454 g/mol. The summed E-state index contributed by atoms with van der Waals surface area (Å²) < 4.78 is 13.9. The highest BCUT2D eigenvalue weighted by molar-refractivity contribution is 6.30. The summed E-state index contributed by atoms with van der Waals surface area (Å²) >= 11 is 5.81. The fourth-order valence-electron chi connectivity index (χ4n) is 5.14. The van der Waals surface area contributed by atoms with Gasteiger partial charge in [-0.05, 0) is 55.5 Å². The van der Waals surface area contributed by atoms with Crippen LogP contribution >= 0.6 is 11.6 Å². The Morgan fingerprint density at radius 2 is 2.00 bits per heavy atom. The van der Waals surface area contributed by atoms with E-state index in [-0.39, 0.29) is 28.6 Å². The van der Waals surface area contributed by atoms with Gasteiger partial charge in [-0.3, -0.25) is 4.79 Å². The zero-order valence-electron chi connectivity index (χ0n) is 17.7. The predicted octanol–water partition coefficient (Wildman–Crippen LogP) is 3.59. The van der Waals surface area contributed by atoms with Gasteiger partial charge in [-0.15, -0.1) is 0 Å². The van der Waals surface area contributed by atoms with Gasteiger partial charge in [-0.1, -0.05) is 17.7 Å². The third-order valence-corrected chi connectivity index (χ3v) is 7.31. The molecule has 1 aliphatic carbocycles. The third-order valence-electron chi connectivity index (χ3n) is 7.00. The van der Waals surface area contributed by atoms with Crippen LogP contribution in [0.5, 0.6) is 0 Å². The molecule has 0 radical (unpaired) electrons. The minimum Gasteiger partial charge on any atom is -0.347 e. The van der Waals surface area contributed by atoms with Crippen molar-refractivity contribution in [2.75, 3.05) is 24.5 Å². The molecule has 1 saturated carbocycles. The van der Waals surface area contributed by atoms with Gasteiger partial charge in [-0.2, -0.15) is 5.26 Å². The molecule has 3 fully saturated rings. The second-order valence-corrected chi connectivity index (χ2v) is 9.40. The van der Waals surface area contributed by atoms with Gasteiger partial charge < -0.3 is 15.1 Å². The summed E-state index contributed by atoms with van der Waals surface area (Å²) in [5.74, 6) is 0.634. The number of rotatable bonds is 6. The number of piperazine rings is 1. The van der Waals surface area contributed by atoms with Crippen LogP contribution in [-0.4, -0.2) is 47.5 Å². The lowest BCUT2D eigenvalue weighted by Crippen LogP contribution is -2.56. The van der Waals surface area contributed by atoms with E-state index in [2.05, 4.69) is 21.3 Å². The van der Waals surface area contributed by atoms with Gasteiger partial charge in [0.25, 0.3) is 0 Å². The molecule has 8 heteroatoms. The topological polar surface area (TPSA) is 72.3 Å². The van der Waals surface area contributed by atoms with Crippen molar-refractivity contribution in [1.82, 2.24) is 15.2 Å². The summed E-state index contributed by atoms with van der Waals surface area (Å²) in [4.78, 5) is 21.7. The van der Waals surface area contributed by atoms with E-state index >= 15 is 0 Å². The van der Waals surface area contributed by atoms with Crippen molar-refractivity contribution in [3.63, 3.8) is 0 Å². The number of amides is 1. The van der Waals surface area contributed by atoms with Crippen LogP contribution in [0.1, 0.15) is 43.2 Å². The van der Waals surface area contributed by atoms with E-state index < -0.39 is 5.82 Å². The number of pyridine rings is 1. The van der Waals surface area contributed by atoms with Gasteiger partial charge in [0.05, 0.1) is 10.6 Å². The molecule has 2 aliphatic heterocycles. The van der Waals surface area contributed by atoms with Gasteiger partial charge in [0.2, 0.25) is 5.91 Å². The van der Waals surface area contributed by atoms with E-state index in [0.717, 1.165) is 37.1 Å². The first kappa shape index (κ1) is 21.2. The number of nitriles is 1. The Labute approximate surface area is 192 Å². The number of fused-ring (bicyclic) bond motifs is 2. The number of carbonyl (C=O) groups is 1. The van der Waals surface area contributed by atoms with E-state index in [0.29, 0.717) is 31.6 Å². The molecule has 1 N–H and O–H groups in total. The maximum absolute atomic E-state index is 13.9. The lowest BCUT2D eigenvalue weighted by molar-refractivity contribution is -0.132. The first-order chi connectivity index (χ1) is 15.5. The Hall–Kier alpha value is -2.69. The van der Waals surface area contributed by atoms with Gasteiger partial charge >= 0.3 is 0 Å². The Morgan fingerprint density at radius 1 is 1.25 bits per heavy atom. The SMILES string of the molecule is N#Cc1ccc(N2C3CCC2CN(C(=O)CCNC2(c4ccc(Cl)c(F)c4)CC2)C3)nc1. The maximum Gasteiger partial charge on any atom is 0.223 e. The van der Waals surface area contributed by atoms with E-state index in [1.165, 1.54) is 6.07 Å². The number of hydrogen-bond donors (Lipinski definition) is 1. The van der Waals surface area contributed by atoms with E-state index in [9.17, 15) is 9.18 Å². The van der Waals surface area contributed by atoms with Crippen LogP contribution in [0.2, 0.25) is 5.02 Å². The summed E-state index contributed by atoms with van der Waals surface area (Å²) in [5.41, 5.74) is 1.22. The Bertz CT molecular complexity index is 1050. The number of benzene rings is 1. The molecule has 32 heavy (non-hydrogen) atoms. The minimum absolute atomic E-state index is 0.129. The highest BCUT2D eigenvalue weighted by Crippen LogP contribution is 2.46. The molecular formula is C24H25ClFN5O. The minimum atomic E-state index is -0.404. The Morgan fingerprint density at radius 3 is 2.59 bits per heavy atom. The lowest BCUT2D eigenvalue weighted by Gasteiger charge is -2.42. The molecule has 1 aromatic heterocycles. The van der Waals surface area contributed by atoms with Crippen molar-refractivity contribution in [3.05, 3.63) is 58.5 Å². The Balaban J connectivity index is 1.16. The number of anilines is 1. The second-order valence-electron chi connectivity index (χ2n) is 9.00. The summed E-state index contributed by atoms with van der Waals surface area (Å²) in [5, 5.41) is 12.6. The number of nitrogens with zero attached hydrogens (tertiary/aromatic N) is 4. The first-order valence-electron chi connectivity index (χ1n) is 11.1. The molecule has 3 aliphatic rings. The molecular weight excluding hydrogens is 429 g/mol.